The molecule has 2 aromatic rings. The first-order chi connectivity index (χ1) is 12.7. The number of rotatable bonds is 7. The lowest BCUT2D eigenvalue weighted by Crippen LogP contribution is -2.41. The molecule has 2 aromatic carbocycles. The Labute approximate surface area is 155 Å². The fourth-order valence-corrected chi connectivity index (χ4v) is 3.20. The lowest BCUT2D eigenvalue weighted by molar-refractivity contribution is -0.134. The van der Waals surface area contributed by atoms with E-state index >= 15 is 0 Å². The minimum absolute atomic E-state index is 0.0737. The highest BCUT2D eigenvalue weighted by atomic mass is 16.5. The van der Waals surface area contributed by atoms with Crippen LogP contribution in [-0.4, -0.2) is 37.1 Å². The van der Waals surface area contributed by atoms with Crippen LogP contribution in [0, 0.1) is 12.8 Å². The van der Waals surface area contributed by atoms with E-state index in [2.05, 4.69) is 0 Å². The number of likely N-dealkylation sites (tertiary alicyclic amines) is 1. The van der Waals surface area contributed by atoms with Crippen LogP contribution in [0.3, 0.4) is 0 Å². The van der Waals surface area contributed by atoms with Crippen molar-refractivity contribution in [3.05, 3.63) is 60.2 Å². The summed E-state index contributed by atoms with van der Waals surface area (Å²) < 4.78 is 11.4. The molecule has 0 bridgehead atoms. The average molecular weight is 353 g/mol. The Morgan fingerprint density at radius 3 is 2.31 bits per heavy atom. The maximum absolute atomic E-state index is 12.3. The fraction of sp³-hybridized carbons (Fsp3) is 0.409. The van der Waals surface area contributed by atoms with Gasteiger partial charge in [0.25, 0.3) is 5.91 Å². The van der Waals surface area contributed by atoms with Gasteiger partial charge >= 0.3 is 0 Å². The van der Waals surface area contributed by atoms with E-state index in [4.69, 9.17) is 9.47 Å². The van der Waals surface area contributed by atoms with E-state index in [1.165, 1.54) is 5.56 Å². The molecule has 1 heterocycles. The molecule has 0 atom stereocenters. The standard InChI is InChI=1S/C22H27NO3/c1-18-7-9-21(10-8-18)26-17-22(24)23-14-11-19(12-15-23)13-16-25-20-5-3-2-4-6-20/h2-10,19H,11-17H2,1H3. The number of ether oxygens (including phenoxy) is 2. The van der Waals surface area contributed by atoms with Crippen molar-refractivity contribution in [3.8, 4) is 11.5 Å². The van der Waals surface area contributed by atoms with E-state index < -0.39 is 0 Å². The number of amides is 1. The van der Waals surface area contributed by atoms with Gasteiger partial charge in [0.15, 0.2) is 6.61 Å². The van der Waals surface area contributed by atoms with E-state index in [1.54, 1.807) is 0 Å². The van der Waals surface area contributed by atoms with Crippen molar-refractivity contribution in [2.24, 2.45) is 5.92 Å². The van der Waals surface area contributed by atoms with Crippen LogP contribution in [0.4, 0.5) is 0 Å². The van der Waals surface area contributed by atoms with Crippen molar-refractivity contribution in [1.29, 1.82) is 0 Å². The van der Waals surface area contributed by atoms with Crippen molar-refractivity contribution in [2.45, 2.75) is 26.2 Å². The van der Waals surface area contributed by atoms with Crippen molar-refractivity contribution in [3.63, 3.8) is 0 Å². The van der Waals surface area contributed by atoms with Gasteiger partial charge < -0.3 is 14.4 Å². The van der Waals surface area contributed by atoms with E-state index in [-0.39, 0.29) is 12.5 Å². The molecule has 1 amide bonds. The quantitative estimate of drug-likeness (QED) is 0.753. The highest BCUT2D eigenvalue weighted by molar-refractivity contribution is 5.77. The Kier molecular flexibility index (Phi) is 6.53. The first-order valence-electron chi connectivity index (χ1n) is 9.36. The van der Waals surface area contributed by atoms with Gasteiger partial charge in [-0.15, -0.1) is 0 Å². The zero-order valence-corrected chi connectivity index (χ0v) is 15.4. The lowest BCUT2D eigenvalue weighted by Gasteiger charge is -2.32. The Hall–Kier alpha value is -2.49. The number of piperidine rings is 1. The summed E-state index contributed by atoms with van der Waals surface area (Å²) in [6, 6.07) is 17.7. The van der Waals surface area contributed by atoms with Gasteiger partial charge in [0.2, 0.25) is 0 Å². The minimum Gasteiger partial charge on any atom is -0.494 e. The molecule has 26 heavy (non-hydrogen) atoms. The highest BCUT2D eigenvalue weighted by Gasteiger charge is 2.23. The predicted molar refractivity (Wildman–Crippen MR) is 103 cm³/mol. The van der Waals surface area contributed by atoms with Gasteiger partial charge in [-0.3, -0.25) is 4.79 Å². The topological polar surface area (TPSA) is 38.8 Å². The molecule has 1 saturated heterocycles. The van der Waals surface area contributed by atoms with Gasteiger partial charge in [-0.25, -0.2) is 0 Å². The molecule has 0 aromatic heterocycles. The van der Waals surface area contributed by atoms with E-state index in [1.807, 2.05) is 66.4 Å². The minimum atomic E-state index is 0.0737. The van der Waals surface area contributed by atoms with Gasteiger partial charge in [-0.2, -0.15) is 0 Å². The van der Waals surface area contributed by atoms with Gasteiger partial charge in [0, 0.05) is 13.1 Å². The van der Waals surface area contributed by atoms with Crippen LogP contribution < -0.4 is 9.47 Å². The van der Waals surface area contributed by atoms with Gasteiger partial charge in [-0.05, 0) is 56.4 Å². The molecule has 0 spiro atoms. The Bertz CT molecular complexity index is 676. The monoisotopic (exact) mass is 353 g/mol. The van der Waals surface area contributed by atoms with Crippen LogP contribution in [-0.2, 0) is 4.79 Å². The first-order valence-corrected chi connectivity index (χ1v) is 9.36. The van der Waals surface area contributed by atoms with Crippen LogP contribution in [0.5, 0.6) is 11.5 Å². The summed E-state index contributed by atoms with van der Waals surface area (Å²) in [6.07, 6.45) is 3.11. The Morgan fingerprint density at radius 2 is 1.62 bits per heavy atom. The SMILES string of the molecule is Cc1ccc(OCC(=O)N2CCC(CCOc3ccccc3)CC2)cc1. The van der Waals surface area contributed by atoms with Gasteiger partial charge in [-0.1, -0.05) is 35.9 Å². The van der Waals surface area contributed by atoms with E-state index in [9.17, 15) is 4.79 Å². The molecule has 0 unspecified atom stereocenters. The molecular weight excluding hydrogens is 326 g/mol. The Morgan fingerprint density at radius 1 is 0.962 bits per heavy atom. The number of carbonyl (C=O) groups is 1. The summed E-state index contributed by atoms with van der Waals surface area (Å²) in [7, 11) is 0. The second-order valence-electron chi connectivity index (χ2n) is 6.88. The number of para-hydroxylation sites is 1. The largest absolute Gasteiger partial charge is 0.494 e. The zero-order chi connectivity index (χ0) is 18.2. The molecule has 0 N–H and O–H groups in total. The smallest absolute Gasteiger partial charge is 0.260 e. The van der Waals surface area contributed by atoms with Crippen molar-refractivity contribution < 1.29 is 14.3 Å². The normalized spacial score (nSPS) is 14.9. The number of aryl methyl sites for hydroxylation is 1. The number of nitrogens with zero attached hydrogens (tertiary/aromatic N) is 1. The van der Waals surface area contributed by atoms with Gasteiger partial charge in [0.1, 0.15) is 11.5 Å². The second kappa shape index (κ2) is 9.27. The molecule has 138 valence electrons. The van der Waals surface area contributed by atoms with E-state index in [0.29, 0.717) is 5.92 Å². The molecule has 1 aliphatic rings. The highest BCUT2D eigenvalue weighted by Crippen LogP contribution is 2.21. The number of carbonyl (C=O) groups excluding carboxylic acids is 1. The zero-order valence-electron chi connectivity index (χ0n) is 15.4. The summed E-state index contributed by atoms with van der Waals surface area (Å²) >= 11 is 0. The van der Waals surface area contributed by atoms with E-state index in [0.717, 1.165) is 50.5 Å². The van der Waals surface area contributed by atoms with Crippen molar-refractivity contribution in [2.75, 3.05) is 26.3 Å². The fourth-order valence-electron chi connectivity index (χ4n) is 3.20. The summed E-state index contributed by atoms with van der Waals surface area (Å²) in [5, 5.41) is 0. The summed E-state index contributed by atoms with van der Waals surface area (Å²) in [5.41, 5.74) is 1.18. The average Bonchev–Trinajstić information content (AvgIpc) is 2.69. The van der Waals surface area contributed by atoms with Crippen LogP contribution in [0.15, 0.2) is 54.6 Å². The van der Waals surface area contributed by atoms with Crippen LogP contribution in [0.25, 0.3) is 0 Å². The molecule has 0 aliphatic carbocycles. The molecule has 0 radical (unpaired) electrons. The maximum atomic E-state index is 12.3. The summed E-state index contributed by atoms with van der Waals surface area (Å²) in [4.78, 5) is 14.2. The molecule has 3 rings (SSSR count). The third-order valence-corrected chi connectivity index (χ3v) is 4.89. The van der Waals surface area contributed by atoms with Crippen molar-refractivity contribution >= 4 is 5.91 Å². The molecular formula is C22H27NO3. The number of hydrogen-bond acceptors (Lipinski definition) is 3. The lowest BCUT2D eigenvalue weighted by atomic mass is 9.94. The molecule has 4 nitrogen and oxygen atoms in total. The molecule has 1 fully saturated rings. The molecule has 4 heteroatoms. The third kappa shape index (κ3) is 5.51. The maximum Gasteiger partial charge on any atom is 0.260 e. The molecule has 1 aliphatic heterocycles. The summed E-state index contributed by atoms with van der Waals surface area (Å²) in [5.74, 6) is 2.37. The first kappa shape index (κ1) is 18.3. The molecule has 0 saturated carbocycles. The number of benzene rings is 2. The van der Waals surface area contributed by atoms with Gasteiger partial charge in [0.05, 0.1) is 6.61 Å². The van der Waals surface area contributed by atoms with Crippen LogP contribution >= 0.6 is 0 Å². The van der Waals surface area contributed by atoms with Crippen LogP contribution in [0.1, 0.15) is 24.8 Å². The van der Waals surface area contributed by atoms with Crippen LogP contribution in [0.2, 0.25) is 0 Å². The second-order valence-corrected chi connectivity index (χ2v) is 6.88. The Balaban J connectivity index is 1.33. The predicted octanol–water partition coefficient (Wildman–Crippen LogP) is 4.08. The third-order valence-electron chi connectivity index (χ3n) is 4.89. The number of hydrogen-bond donors (Lipinski definition) is 0. The summed E-state index contributed by atoms with van der Waals surface area (Å²) in [6.45, 7) is 4.51. The van der Waals surface area contributed by atoms with Crippen molar-refractivity contribution in [1.82, 2.24) is 4.90 Å².